The summed E-state index contributed by atoms with van der Waals surface area (Å²) in [4.78, 5) is 22.4. The third-order valence-electron chi connectivity index (χ3n) is 2.85. The van der Waals surface area contributed by atoms with E-state index in [1.165, 1.54) is 6.07 Å². The summed E-state index contributed by atoms with van der Waals surface area (Å²) in [7, 11) is 0. The number of hydrogen-bond donors (Lipinski definition) is 1. The zero-order chi connectivity index (χ0) is 14.4. The van der Waals surface area contributed by atoms with Crippen molar-refractivity contribution in [1.82, 2.24) is 5.32 Å². The maximum Gasteiger partial charge on any atom is 0.285 e. The molecule has 1 aromatic rings. The summed E-state index contributed by atoms with van der Waals surface area (Å²) in [5.41, 5.74) is 0.423. The Labute approximate surface area is 117 Å². The molecule has 1 atom stereocenters. The molecular weight excluding hydrogens is 268 g/mol. The van der Waals surface area contributed by atoms with Crippen molar-refractivity contribution in [1.29, 1.82) is 0 Å². The highest BCUT2D eigenvalue weighted by Crippen LogP contribution is 2.22. The molecule has 6 heteroatoms. The lowest BCUT2D eigenvalue weighted by molar-refractivity contribution is -0.385. The van der Waals surface area contributed by atoms with E-state index in [9.17, 15) is 14.9 Å². The van der Waals surface area contributed by atoms with E-state index in [0.29, 0.717) is 18.5 Å². The van der Waals surface area contributed by atoms with Crippen LogP contribution in [0.4, 0.5) is 5.69 Å². The van der Waals surface area contributed by atoms with E-state index >= 15 is 0 Å². The van der Waals surface area contributed by atoms with Crippen LogP contribution in [0, 0.1) is 17.0 Å². The third-order valence-corrected chi connectivity index (χ3v) is 3.38. The number of nitro benzene ring substituents is 1. The van der Waals surface area contributed by atoms with Crippen LogP contribution in [-0.4, -0.2) is 22.8 Å². The van der Waals surface area contributed by atoms with Crippen LogP contribution in [0.5, 0.6) is 0 Å². The van der Waals surface area contributed by atoms with Gasteiger partial charge in [-0.15, -0.1) is 11.6 Å². The van der Waals surface area contributed by atoms with E-state index in [2.05, 4.69) is 5.32 Å². The minimum Gasteiger partial charge on any atom is -0.352 e. The molecule has 0 radical (unpaired) electrons. The highest BCUT2D eigenvalue weighted by molar-refractivity contribution is 6.20. The van der Waals surface area contributed by atoms with Gasteiger partial charge in [0.2, 0.25) is 0 Å². The lowest BCUT2D eigenvalue weighted by Gasteiger charge is -2.09. The second-order valence-electron chi connectivity index (χ2n) is 4.28. The smallest absolute Gasteiger partial charge is 0.285 e. The second-order valence-corrected chi connectivity index (χ2v) is 4.90. The van der Waals surface area contributed by atoms with Gasteiger partial charge in [0, 0.05) is 17.5 Å². The zero-order valence-electron chi connectivity index (χ0n) is 11.0. The Balaban J connectivity index is 2.77. The number of halogens is 1. The topological polar surface area (TPSA) is 72.2 Å². The van der Waals surface area contributed by atoms with E-state index in [1.54, 1.807) is 19.1 Å². The van der Waals surface area contributed by atoms with Crippen molar-refractivity contribution >= 4 is 23.2 Å². The van der Waals surface area contributed by atoms with E-state index in [1.807, 2.05) is 6.92 Å². The summed E-state index contributed by atoms with van der Waals surface area (Å²) in [5.74, 6) is -0.435. The molecule has 0 heterocycles. The number of alkyl halides is 1. The monoisotopic (exact) mass is 284 g/mol. The molecule has 0 fully saturated rings. The van der Waals surface area contributed by atoms with Crippen LogP contribution in [0.3, 0.4) is 0 Å². The first-order valence-corrected chi connectivity index (χ1v) is 6.57. The predicted molar refractivity (Wildman–Crippen MR) is 74.7 cm³/mol. The molecule has 1 unspecified atom stereocenters. The van der Waals surface area contributed by atoms with Crippen LogP contribution in [0.1, 0.15) is 35.7 Å². The number of aryl methyl sites for hydroxylation is 1. The van der Waals surface area contributed by atoms with Crippen molar-refractivity contribution in [2.45, 2.75) is 32.1 Å². The SMILES string of the molecule is CCC(Cl)CCNC(=O)c1cccc(C)c1[N+](=O)[O-]. The minimum absolute atomic E-state index is 0.00722. The van der Waals surface area contributed by atoms with Crippen LogP contribution in [0.25, 0.3) is 0 Å². The summed E-state index contributed by atoms with van der Waals surface area (Å²) in [5, 5.41) is 13.6. The Hall–Kier alpha value is -1.62. The lowest BCUT2D eigenvalue weighted by Crippen LogP contribution is -2.26. The van der Waals surface area contributed by atoms with Crippen LogP contribution >= 0.6 is 11.6 Å². The Morgan fingerprint density at radius 3 is 2.79 bits per heavy atom. The van der Waals surface area contributed by atoms with E-state index in [-0.39, 0.29) is 16.6 Å². The fourth-order valence-electron chi connectivity index (χ4n) is 1.73. The van der Waals surface area contributed by atoms with E-state index in [0.717, 1.165) is 6.42 Å². The Kier molecular flexibility index (Phi) is 5.76. The molecular formula is C13H17ClN2O3. The van der Waals surface area contributed by atoms with Crippen LogP contribution in [0.15, 0.2) is 18.2 Å². The highest BCUT2D eigenvalue weighted by Gasteiger charge is 2.21. The fraction of sp³-hybridized carbons (Fsp3) is 0.462. The first-order valence-electron chi connectivity index (χ1n) is 6.13. The fourth-order valence-corrected chi connectivity index (χ4v) is 1.84. The van der Waals surface area contributed by atoms with Gasteiger partial charge in [-0.05, 0) is 25.8 Å². The van der Waals surface area contributed by atoms with Crippen LogP contribution in [-0.2, 0) is 0 Å². The van der Waals surface area contributed by atoms with Gasteiger partial charge in [0.15, 0.2) is 0 Å². The first-order chi connectivity index (χ1) is 8.97. The summed E-state index contributed by atoms with van der Waals surface area (Å²) in [6, 6.07) is 4.70. The molecule has 0 aliphatic heterocycles. The van der Waals surface area contributed by atoms with Gasteiger partial charge >= 0.3 is 0 Å². The molecule has 1 aromatic carbocycles. The van der Waals surface area contributed by atoms with Crippen molar-refractivity contribution in [2.75, 3.05) is 6.54 Å². The molecule has 19 heavy (non-hydrogen) atoms. The van der Waals surface area contributed by atoms with Crippen molar-refractivity contribution in [2.24, 2.45) is 0 Å². The number of nitrogens with zero attached hydrogens (tertiary/aromatic N) is 1. The maximum atomic E-state index is 11.9. The molecule has 5 nitrogen and oxygen atoms in total. The van der Waals surface area contributed by atoms with Crippen molar-refractivity contribution in [3.8, 4) is 0 Å². The number of hydrogen-bond acceptors (Lipinski definition) is 3. The van der Waals surface area contributed by atoms with Gasteiger partial charge < -0.3 is 5.32 Å². The van der Waals surface area contributed by atoms with Crippen molar-refractivity contribution in [3.63, 3.8) is 0 Å². The van der Waals surface area contributed by atoms with Gasteiger partial charge in [-0.2, -0.15) is 0 Å². The van der Waals surface area contributed by atoms with Crippen molar-refractivity contribution in [3.05, 3.63) is 39.4 Å². The normalized spacial score (nSPS) is 11.9. The maximum absolute atomic E-state index is 11.9. The standard InChI is InChI=1S/C13H17ClN2O3/c1-3-10(14)7-8-15-13(17)11-6-4-5-9(2)12(11)16(18)19/h4-6,10H,3,7-8H2,1-2H3,(H,15,17). The number of para-hydroxylation sites is 1. The van der Waals surface area contributed by atoms with Crippen molar-refractivity contribution < 1.29 is 9.72 Å². The third kappa shape index (κ3) is 4.21. The van der Waals surface area contributed by atoms with Gasteiger partial charge in [0.05, 0.1) is 4.92 Å². The number of carbonyl (C=O) groups is 1. The average molecular weight is 285 g/mol. The van der Waals surface area contributed by atoms with Crippen LogP contribution in [0.2, 0.25) is 0 Å². The predicted octanol–water partition coefficient (Wildman–Crippen LogP) is 3.04. The van der Waals surface area contributed by atoms with E-state index < -0.39 is 10.8 Å². The van der Waals surface area contributed by atoms with E-state index in [4.69, 9.17) is 11.6 Å². The van der Waals surface area contributed by atoms with Gasteiger partial charge in [-0.25, -0.2) is 0 Å². The molecule has 1 amide bonds. The van der Waals surface area contributed by atoms with Gasteiger partial charge in [0.1, 0.15) is 5.56 Å². The number of nitro groups is 1. The Morgan fingerprint density at radius 1 is 1.53 bits per heavy atom. The van der Waals surface area contributed by atoms with Gasteiger partial charge in [-0.1, -0.05) is 19.1 Å². The quantitative estimate of drug-likeness (QED) is 0.496. The number of carbonyl (C=O) groups excluding carboxylic acids is 1. The molecule has 1 N–H and O–H groups in total. The molecule has 0 saturated heterocycles. The van der Waals surface area contributed by atoms with Gasteiger partial charge in [-0.3, -0.25) is 14.9 Å². The molecule has 1 rings (SSSR count). The first kappa shape index (κ1) is 15.4. The largest absolute Gasteiger partial charge is 0.352 e. The molecule has 0 aliphatic carbocycles. The molecule has 0 spiro atoms. The number of nitrogens with one attached hydrogen (secondary N) is 1. The Bertz CT molecular complexity index is 477. The highest BCUT2D eigenvalue weighted by atomic mass is 35.5. The molecule has 104 valence electrons. The number of amides is 1. The summed E-state index contributed by atoms with van der Waals surface area (Å²) >= 11 is 5.94. The Morgan fingerprint density at radius 2 is 2.21 bits per heavy atom. The second kappa shape index (κ2) is 7.09. The zero-order valence-corrected chi connectivity index (χ0v) is 11.7. The number of benzene rings is 1. The molecule has 0 saturated carbocycles. The minimum atomic E-state index is -0.527. The summed E-state index contributed by atoms with van der Waals surface area (Å²) < 4.78 is 0. The summed E-state index contributed by atoms with van der Waals surface area (Å²) in [6.07, 6.45) is 1.46. The lowest BCUT2D eigenvalue weighted by atomic mass is 10.1. The van der Waals surface area contributed by atoms with Gasteiger partial charge in [0.25, 0.3) is 11.6 Å². The van der Waals surface area contributed by atoms with Crippen LogP contribution < -0.4 is 5.32 Å². The molecule has 0 bridgehead atoms. The molecule has 0 aromatic heterocycles. The average Bonchev–Trinajstić information content (AvgIpc) is 2.37. The number of rotatable bonds is 6. The molecule has 0 aliphatic rings. The summed E-state index contributed by atoms with van der Waals surface area (Å²) in [6.45, 7) is 3.98.